The van der Waals surface area contributed by atoms with E-state index in [2.05, 4.69) is 25.9 Å². The molecule has 2 heterocycles. The van der Waals surface area contributed by atoms with E-state index in [9.17, 15) is 9.59 Å². The van der Waals surface area contributed by atoms with Crippen molar-refractivity contribution in [3.8, 4) is 0 Å². The van der Waals surface area contributed by atoms with Crippen LogP contribution in [0.15, 0.2) is 52.2 Å². The average molecular weight is 435 g/mol. The second-order valence-corrected chi connectivity index (χ2v) is 7.90. The van der Waals surface area contributed by atoms with Gasteiger partial charge in [-0.1, -0.05) is 15.9 Å². The number of thioether (sulfide) groups is 1. The minimum Gasteiger partial charge on any atom is -0.339 e. The molecule has 1 aliphatic rings. The van der Waals surface area contributed by atoms with Gasteiger partial charge in [-0.2, -0.15) is 0 Å². The van der Waals surface area contributed by atoms with Crippen LogP contribution in [-0.2, 0) is 4.79 Å². The van der Waals surface area contributed by atoms with E-state index in [0.29, 0.717) is 38.3 Å². The Kier molecular flexibility index (Phi) is 6.62. The Hall–Kier alpha value is -1.93. The van der Waals surface area contributed by atoms with Crippen molar-refractivity contribution >= 4 is 39.5 Å². The minimum absolute atomic E-state index is 0.129. The van der Waals surface area contributed by atoms with Crippen LogP contribution >= 0.6 is 27.7 Å². The lowest BCUT2D eigenvalue weighted by atomic mass is 10.2. The molecule has 0 radical (unpaired) electrons. The number of hydrogen-bond acceptors (Lipinski definition) is 5. The number of nitrogens with zero attached hydrogens (tertiary/aromatic N) is 4. The van der Waals surface area contributed by atoms with E-state index in [4.69, 9.17) is 0 Å². The Morgan fingerprint density at radius 1 is 1.04 bits per heavy atom. The topological polar surface area (TPSA) is 66.4 Å². The molecule has 1 aromatic carbocycles. The van der Waals surface area contributed by atoms with Crippen LogP contribution < -0.4 is 0 Å². The van der Waals surface area contributed by atoms with Gasteiger partial charge < -0.3 is 9.80 Å². The summed E-state index contributed by atoms with van der Waals surface area (Å²) in [6, 6.07) is 8.07. The molecule has 26 heavy (non-hydrogen) atoms. The van der Waals surface area contributed by atoms with Crippen molar-refractivity contribution in [1.82, 2.24) is 19.8 Å². The molecule has 1 aromatic heterocycles. The minimum atomic E-state index is -0.129. The Morgan fingerprint density at radius 3 is 2.38 bits per heavy atom. The number of rotatable bonds is 5. The summed E-state index contributed by atoms with van der Waals surface area (Å²) in [6.07, 6.45) is 5.02. The first-order valence-corrected chi connectivity index (χ1v) is 10.1. The van der Waals surface area contributed by atoms with Crippen molar-refractivity contribution in [3.05, 3.63) is 53.0 Å². The van der Waals surface area contributed by atoms with Gasteiger partial charge in [0.05, 0.1) is 6.20 Å². The van der Waals surface area contributed by atoms with E-state index in [0.717, 1.165) is 15.1 Å². The fraction of sp³-hybridized carbons (Fsp3) is 0.333. The summed E-state index contributed by atoms with van der Waals surface area (Å²) in [5.41, 5.74) is 0.346. The molecular formula is C18H19BrN4O2S. The second kappa shape index (κ2) is 9.14. The maximum atomic E-state index is 12.4. The van der Waals surface area contributed by atoms with E-state index < -0.39 is 0 Å². The molecule has 0 aliphatic carbocycles. The monoisotopic (exact) mass is 434 g/mol. The van der Waals surface area contributed by atoms with Gasteiger partial charge in [0.15, 0.2) is 0 Å². The van der Waals surface area contributed by atoms with Crippen molar-refractivity contribution in [3.63, 3.8) is 0 Å². The number of amides is 2. The number of piperazine rings is 1. The van der Waals surface area contributed by atoms with Crippen molar-refractivity contribution in [1.29, 1.82) is 0 Å². The summed E-state index contributed by atoms with van der Waals surface area (Å²) in [4.78, 5) is 37.4. The predicted molar refractivity (Wildman–Crippen MR) is 104 cm³/mol. The molecule has 0 bridgehead atoms. The van der Waals surface area contributed by atoms with E-state index in [1.165, 1.54) is 12.4 Å². The molecule has 1 fully saturated rings. The largest absolute Gasteiger partial charge is 0.339 e. The van der Waals surface area contributed by atoms with Crippen LogP contribution in [-0.4, -0.2) is 63.5 Å². The Morgan fingerprint density at radius 2 is 1.73 bits per heavy atom. The van der Waals surface area contributed by atoms with Gasteiger partial charge in [0.1, 0.15) is 5.69 Å². The van der Waals surface area contributed by atoms with Gasteiger partial charge in [-0.25, -0.2) is 4.98 Å². The lowest BCUT2D eigenvalue weighted by Gasteiger charge is -2.34. The first kappa shape index (κ1) is 18.8. The molecule has 1 saturated heterocycles. The number of benzene rings is 1. The first-order valence-electron chi connectivity index (χ1n) is 8.35. The molecule has 136 valence electrons. The lowest BCUT2D eigenvalue weighted by Crippen LogP contribution is -2.50. The standard InChI is InChI=1S/C18H19BrN4O2S/c19-14-1-3-15(4-2-14)26-12-5-17(24)22-8-10-23(11-9-22)18(25)16-13-20-6-7-21-16/h1-4,6-7,13H,5,8-12H2. The summed E-state index contributed by atoms with van der Waals surface area (Å²) in [7, 11) is 0. The summed E-state index contributed by atoms with van der Waals surface area (Å²) in [6.45, 7) is 2.18. The Balaban J connectivity index is 1.42. The molecule has 2 amide bonds. The van der Waals surface area contributed by atoms with E-state index >= 15 is 0 Å². The number of hydrogen-bond donors (Lipinski definition) is 0. The first-order chi connectivity index (χ1) is 12.6. The molecule has 0 atom stereocenters. The smallest absolute Gasteiger partial charge is 0.274 e. The number of halogens is 1. The average Bonchev–Trinajstić information content (AvgIpc) is 2.69. The summed E-state index contributed by atoms with van der Waals surface area (Å²) in [5.74, 6) is 0.761. The molecule has 0 N–H and O–H groups in total. The van der Waals surface area contributed by atoms with Crippen LogP contribution in [0, 0.1) is 0 Å². The van der Waals surface area contributed by atoms with Gasteiger partial charge >= 0.3 is 0 Å². The van der Waals surface area contributed by atoms with Crippen molar-refractivity contribution < 1.29 is 9.59 Å². The van der Waals surface area contributed by atoms with Crippen LogP contribution in [0.2, 0.25) is 0 Å². The predicted octanol–water partition coefficient (Wildman–Crippen LogP) is 2.71. The highest BCUT2D eigenvalue weighted by molar-refractivity contribution is 9.10. The normalized spacial score (nSPS) is 14.3. The van der Waals surface area contributed by atoms with Gasteiger partial charge in [0.25, 0.3) is 5.91 Å². The molecule has 3 rings (SSSR count). The third-order valence-electron chi connectivity index (χ3n) is 4.10. The molecule has 0 spiro atoms. The summed E-state index contributed by atoms with van der Waals surface area (Å²) < 4.78 is 1.05. The number of aromatic nitrogens is 2. The maximum Gasteiger partial charge on any atom is 0.274 e. The zero-order chi connectivity index (χ0) is 18.4. The Bertz CT molecular complexity index is 750. The zero-order valence-electron chi connectivity index (χ0n) is 14.2. The highest BCUT2D eigenvalue weighted by atomic mass is 79.9. The molecule has 1 aliphatic heterocycles. The SMILES string of the molecule is O=C(CCSc1ccc(Br)cc1)N1CCN(C(=O)c2cnccn2)CC1. The van der Waals surface area contributed by atoms with Crippen LogP contribution in [0.1, 0.15) is 16.9 Å². The van der Waals surface area contributed by atoms with Crippen molar-refractivity contribution in [2.45, 2.75) is 11.3 Å². The van der Waals surface area contributed by atoms with Crippen molar-refractivity contribution in [2.75, 3.05) is 31.9 Å². The fourth-order valence-electron chi connectivity index (χ4n) is 2.68. The van der Waals surface area contributed by atoms with Crippen LogP contribution in [0.5, 0.6) is 0 Å². The molecule has 0 saturated carbocycles. The van der Waals surface area contributed by atoms with Gasteiger partial charge in [-0.3, -0.25) is 14.6 Å². The summed E-state index contributed by atoms with van der Waals surface area (Å²) in [5, 5.41) is 0. The van der Waals surface area contributed by atoms with Crippen LogP contribution in [0.3, 0.4) is 0 Å². The van der Waals surface area contributed by atoms with Gasteiger partial charge in [-0.15, -0.1) is 11.8 Å². The summed E-state index contributed by atoms with van der Waals surface area (Å²) >= 11 is 5.09. The Labute approximate surface area is 165 Å². The molecular weight excluding hydrogens is 416 g/mol. The second-order valence-electron chi connectivity index (χ2n) is 5.82. The fourth-order valence-corrected chi connectivity index (χ4v) is 3.78. The zero-order valence-corrected chi connectivity index (χ0v) is 16.6. The van der Waals surface area contributed by atoms with Crippen molar-refractivity contribution in [2.24, 2.45) is 0 Å². The highest BCUT2D eigenvalue weighted by Crippen LogP contribution is 2.21. The molecule has 8 heteroatoms. The maximum absolute atomic E-state index is 12.4. The number of carbonyl (C=O) groups is 2. The third-order valence-corrected chi connectivity index (χ3v) is 5.64. The van der Waals surface area contributed by atoms with E-state index in [1.54, 1.807) is 22.9 Å². The van der Waals surface area contributed by atoms with Gasteiger partial charge in [0.2, 0.25) is 5.91 Å². The van der Waals surface area contributed by atoms with Crippen LogP contribution in [0.25, 0.3) is 0 Å². The number of carbonyl (C=O) groups excluding carboxylic acids is 2. The van der Waals surface area contributed by atoms with E-state index in [-0.39, 0.29) is 11.8 Å². The lowest BCUT2D eigenvalue weighted by molar-refractivity contribution is -0.132. The highest BCUT2D eigenvalue weighted by Gasteiger charge is 2.25. The van der Waals surface area contributed by atoms with Gasteiger partial charge in [-0.05, 0) is 24.3 Å². The quantitative estimate of drug-likeness (QED) is 0.676. The van der Waals surface area contributed by atoms with Crippen LogP contribution in [0.4, 0.5) is 0 Å². The van der Waals surface area contributed by atoms with E-state index in [1.807, 2.05) is 29.2 Å². The molecule has 2 aromatic rings. The van der Waals surface area contributed by atoms with Gasteiger partial charge in [0, 0.05) is 60.1 Å². The molecule has 0 unspecified atom stereocenters. The molecule has 6 nitrogen and oxygen atoms in total. The third kappa shape index (κ3) is 5.04.